The van der Waals surface area contributed by atoms with Crippen molar-refractivity contribution < 1.29 is 4.79 Å². The van der Waals surface area contributed by atoms with Crippen LogP contribution in [0.5, 0.6) is 0 Å². The Hall–Kier alpha value is -3.13. The summed E-state index contributed by atoms with van der Waals surface area (Å²) in [7, 11) is 1.77. The quantitative estimate of drug-likeness (QED) is 0.203. The minimum Gasteiger partial charge on any atom is -0.312 e. The van der Waals surface area contributed by atoms with E-state index in [0.29, 0.717) is 0 Å². The van der Waals surface area contributed by atoms with Gasteiger partial charge < -0.3 is 4.90 Å². The number of likely N-dealkylation sites (N-methyl/N-ethyl adjacent to an activating group) is 1. The van der Waals surface area contributed by atoms with Crippen LogP contribution in [-0.4, -0.2) is 13.0 Å². The summed E-state index contributed by atoms with van der Waals surface area (Å²) < 4.78 is 0. The Morgan fingerprint density at radius 1 is 0.865 bits per heavy atom. The van der Waals surface area contributed by atoms with Gasteiger partial charge in [0.05, 0.1) is 0 Å². The number of hydrogen-bond donors (Lipinski definition) is 0. The molecule has 2 heteroatoms. The largest absolute Gasteiger partial charge is 0.312 e. The van der Waals surface area contributed by atoms with Gasteiger partial charge in [-0.1, -0.05) is 101 Å². The molecule has 0 aromatic heterocycles. The van der Waals surface area contributed by atoms with E-state index in [0.717, 1.165) is 23.9 Å². The Morgan fingerprint density at radius 3 is 2.14 bits per heavy atom. The normalized spacial score (nSPS) is 17.4. The summed E-state index contributed by atoms with van der Waals surface area (Å²) in [6.07, 6.45) is 13.4. The summed E-state index contributed by atoms with van der Waals surface area (Å²) in [5.74, 6) is 1.58. The molecule has 0 unspecified atom stereocenters. The van der Waals surface area contributed by atoms with Crippen LogP contribution >= 0.6 is 0 Å². The number of aryl methyl sites for hydroxylation is 1. The number of benzene rings is 3. The third kappa shape index (κ3) is 6.60. The molecule has 1 fully saturated rings. The van der Waals surface area contributed by atoms with Crippen LogP contribution in [0.1, 0.15) is 82.3 Å². The first-order valence-electron chi connectivity index (χ1n) is 14.3. The number of nitrogens with zero attached hydrogens (tertiary/aromatic N) is 1. The monoisotopic (exact) mass is 493 g/mol. The van der Waals surface area contributed by atoms with Gasteiger partial charge in [-0.3, -0.25) is 4.79 Å². The standard InChI is InChI=1S/C35H43NO/c1-5-8-9-10-26-11-13-28(14-12-26)29-15-17-30(18-16-29)32-21-24-34(27(6-2)25-32)31-19-22-33(23-20-31)36(4)35(37)7-3/h7,15-26,28H,3,5-6,8-14H2,1-2,4H3. The first kappa shape index (κ1) is 26.9. The first-order chi connectivity index (χ1) is 18.0. The number of carbonyl (C=O) groups is 1. The second-order valence-corrected chi connectivity index (χ2v) is 10.7. The van der Waals surface area contributed by atoms with Gasteiger partial charge in [-0.25, -0.2) is 0 Å². The van der Waals surface area contributed by atoms with Gasteiger partial charge in [-0.05, 0) is 95.5 Å². The van der Waals surface area contributed by atoms with Gasteiger partial charge in [0.25, 0.3) is 0 Å². The van der Waals surface area contributed by atoms with Gasteiger partial charge in [0.15, 0.2) is 0 Å². The predicted molar refractivity (Wildman–Crippen MR) is 159 cm³/mol. The van der Waals surface area contributed by atoms with Crippen LogP contribution in [0.25, 0.3) is 22.3 Å². The van der Waals surface area contributed by atoms with Gasteiger partial charge in [0.1, 0.15) is 0 Å². The molecule has 0 bridgehead atoms. The number of rotatable bonds is 10. The van der Waals surface area contributed by atoms with Gasteiger partial charge in [-0.15, -0.1) is 0 Å². The maximum absolute atomic E-state index is 11.9. The van der Waals surface area contributed by atoms with E-state index < -0.39 is 0 Å². The molecule has 37 heavy (non-hydrogen) atoms. The molecule has 0 radical (unpaired) electrons. The van der Waals surface area contributed by atoms with E-state index in [-0.39, 0.29) is 5.91 Å². The van der Waals surface area contributed by atoms with Gasteiger partial charge in [-0.2, -0.15) is 0 Å². The average Bonchev–Trinajstić information content (AvgIpc) is 2.96. The van der Waals surface area contributed by atoms with Crippen LogP contribution in [0.4, 0.5) is 5.69 Å². The fourth-order valence-corrected chi connectivity index (χ4v) is 5.89. The molecule has 0 spiro atoms. The topological polar surface area (TPSA) is 20.3 Å². The maximum atomic E-state index is 11.9. The first-order valence-corrected chi connectivity index (χ1v) is 14.3. The van der Waals surface area contributed by atoms with Gasteiger partial charge >= 0.3 is 0 Å². The lowest BCUT2D eigenvalue weighted by Crippen LogP contribution is -2.23. The Morgan fingerprint density at radius 2 is 1.51 bits per heavy atom. The number of hydrogen-bond acceptors (Lipinski definition) is 1. The predicted octanol–water partition coefficient (Wildman–Crippen LogP) is 9.59. The van der Waals surface area contributed by atoms with E-state index >= 15 is 0 Å². The minimum absolute atomic E-state index is 0.104. The lowest BCUT2D eigenvalue weighted by Gasteiger charge is -2.29. The molecule has 1 amide bonds. The van der Waals surface area contributed by atoms with Crippen molar-refractivity contribution in [2.45, 2.75) is 77.6 Å². The van der Waals surface area contributed by atoms with Gasteiger partial charge in [0, 0.05) is 12.7 Å². The van der Waals surface area contributed by atoms with Crippen molar-refractivity contribution in [1.29, 1.82) is 0 Å². The highest BCUT2D eigenvalue weighted by atomic mass is 16.2. The van der Waals surface area contributed by atoms with Crippen molar-refractivity contribution in [3.05, 3.63) is 90.5 Å². The van der Waals surface area contributed by atoms with E-state index in [2.05, 4.69) is 75.0 Å². The van der Waals surface area contributed by atoms with Crippen LogP contribution in [0, 0.1) is 5.92 Å². The molecule has 0 atom stereocenters. The Bertz CT molecular complexity index is 1170. The summed E-state index contributed by atoms with van der Waals surface area (Å²) in [5.41, 5.74) is 8.72. The molecule has 0 aliphatic heterocycles. The molecule has 0 heterocycles. The lowest BCUT2D eigenvalue weighted by molar-refractivity contribution is -0.113. The molecule has 3 aromatic carbocycles. The SMILES string of the molecule is C=CC(=O)N(C)c1ccc(-c2ccc(-c3ccc(C4CCC(CCCCC)CC4)cc3)cc2CC)cc1. The number of carbonyl (C=O) groups excluding carboxylic acids is 1. The molecule has 194 valence electrons. The fraction of sp³-hybridized carbons (Fsp3) is 0.400. The molecule has 3 aromatic rings. The van der Waals surface area contributed by atoms with Crippen molar-refractivity contribution in [3.8, 4) is 22.3 Å². The Labute approximate surface area is 224 Å². The molecule has 1 aliphatic carbocycles. The van der Waals surface area contributed by atoms with E-state index in [9.17, 15) is 4.79 Å². The number of unbranched alkanes of at least 4 members (excludes halogenated alkanes) is 2. The fourth-order valence-electron chi connectivity index (χ4n) is 5.89. The molecule has 1 aliphatic rings. The van der Waals surface area contributed by atoms with Gasteiger partial charge in [0.2, 0.25) is 5.91 Å². The van der Waals surface area contributed by atoms with Crippen molar-refractivity contribution in [2.24, 2.45) is 5.92 Å². The zero-order chi connectivity index (χ0) is 26.2. The third-order valence-electron chi connectivity index (χ3n) is 8.34. The van der Waals surface area contributed by atoms with Crippen LogP contribution in [0.15, 0.2) is 79.4 Å². The minimum atomic E-state index is -0.104. The summed E-state index contributed by atoms with van der Waals surface area (Å²) >= 11 is 0. The number of anilines is 1. The van der Waals surface area contributed by atoms with Crippen LogP contribution in [-0.2, 0) is 11.2 Å². The Kier molecular flexibility index (Phi) is 9.39. The van der Waals surface area contributed by atoms with Crippen molar-refractivity contribution >= 4 is 11.6 Å². The van der Waals surface area contributed by atoms with E-state index in [1.54, 1.807) is 11.9 Å². The Balaban J connectivity index is 1.44. The highest BCUT2D eigenvalue weighted by molar-refractivity contribution is 6.00. The highest BCUT2D eigenvalue weighted by Gasteiger charge is 2.22. The molecule has 1 saturated carbocycles. The summed E-state index contributed by atoms with van der Waals surface area (Å²) in [6, 6.07) is 24.4. The highest BCUT2D eigenvalue weighted by Crippen LogP contribution is 2.38. The van der Waals surface area contributed by atoms with Crippen molar-refractivity contribution in [3.63, 3.8) is 0 Å². The maximum Gasteiger partial charge on any atom is 0.250 e. The third-order valence-corrected chi connectivity index (χ3v) is 8.34. The molecule has 4 rings (SSSR count). The molecular weight excluding hydrogens is 450 g/mol. The van der Waals surface area contributed by atoms with Crippen LogP contribution in [0.3, 0.4) is 0 Å². The van der Waals surface area contributed by atoms with Crippen molar-refractivity contribution in [2.75, 3.05) is 11.9 Å². The summed E-state index contributed by atoms with van der Waals surface area (Å²) in [5, 5.41) is 0. The average molecular weight is 494 g/mol. The smallest absolute Gasteiger partial charge is 0.250 e. The van der Waals surface area contributed by atoms with Crippen LogP contribution in [0.2, 0.25) is 0 Å². The summed E-state index contributed by atoms with van der Waals surface area (Å²) in [4.78, 5) is 13.5. The van der Waals surface area contributed by atoms with E-state index in [1.165, 1.54) is 90.8 Å². The van der Waals surface area contributed by atoms with Crippen LogP contribution < -0.4 is 4.90 Å². The summed E-state index contributed by atoms with van der Waals surface area (Å²) in [6.45, 7) is 8.09. The molecule has 0 N–H and O–H groups in total. The number of amides is 1. The zero-order valence-corrected chi connectivity index (χ0v) is 23.0. The molecule has 0 saturated heterocycles. The molecule has 2 nitrogen and oxygen atoms in total. The van der Waals surface area contributed by atoms with E-state index in [4.69, 9.17) is 0 Å². The molecular formula is C35H43NO. The second-order valence-electron chi connectivity index (χ2n) is 10.7. The zero-order valence-electron chi connectivity index (χ0n) is 23.0. The van der Waals surface area contributed by atoms with Crippen molar-refractivity contribution in [1.82, 2.24) is 0 Å². The van der Waals surface area contributed by atoms with E-state index in [1.807, 2.05) is 12.1 Å². The second kappa shape index (κ2) is 12.9. The lowest BCUT2D eigenvalue weighted by atomic mass is 9.77.